The fourth-order valence-corrected chi connectivity index (χ4v) is 3.93. The Labute approximate surface area is 179 Å². The predicted octanol–water partition coefficient (Wildman–Crippen LogP) is 1.08. The summed E-state index contributed by atoms with van der Waals surface area (Å²) in [6.45, 7) is 5.24. The lowest BCUT2D eigenvalue weighted by molar-refractivity contribution is -1.02. The molecule has 0 aliphatic carbocycles. The van der Waals surface area contributed by atoms with E-state index >= 15 is 0 Å². The summed E-state index contributed by atoms with van der Waals surface area (Å²) in [4.78, 5) is 14.9. The van der Waals surface area contributed by atoms with Gasteiger partial charge in [0.05, 0.1) is 11.2 Å². The van der Waals surface area contributed by atoms with Crippen molar-refractivity contribution in [2.45, 2.75) is 6.54 Å². The number of hydrazone groups is 1. The maximum atomic E-state index is 12.1. The number of piperazine rings is 1. The van der Waals surface area contributed by atoms with Crippen molar-refractivity contribution in [2.75, 3.05) is 32.7 Å². The van der Waals surface area contributed by atoms with Crippen LogP contribution in [0.15, 0.2) is 47.6 Å². The summed E-state index contributed by atoms with van der Waals surface area (Å²) in [6.07, 6.45) is 1.53. The lowest BCUT2D eigenvalue weighted by Crippen LogP contribution is -3.28. The normalized spacial score (nSPS) is 19.7. The Balaban J connectivity index is 1.41. The van der Waals surface area contributed by atoms with Crippen LogP contribution in [0.3, 0.4) is 0 Å². The second-order valence-corrected chi connectivity index (χ2v) is 8.15. The second-order valence-electron chi connectivity index (χ2n) is 6.90. The van der Waals surface area contributed by atoms with Gasteiger partial charge in [-0.1, -0.05) is 59.1 Å². The Kier molecular flexibility index (Phi) is 7.71. The molecule has 0 spiro atoms. The number of carbonyl (C=O) groups excluding carboxylic acids is 1. The molecule has 1 aliphatic rings. The van der Waals surface area contributed by atoms with Crippen LogP contribution >= 0.6 is 34.8 Å². The summed E-state index contributed by atoms with van der Waals surface area (Å²) in [5.41, 5.74) is 4.45. The minimum Gasteiger partial charge on any atom is -0.322 e. The zero-order chi connectivity index (χ0) is 19.9. The van der Waals surface area contributed by atoms with Crippen molar-refractivity contribution >= 4 is 46.9 Å². The van der Waals surface area contributed by atoms with E-state index in [1.165, 1.54) is 21.6 Å². The lowest BCUT2D eigenvalue weighted by Gasteiger charge is -2.29. The Hall–Kier alpha value is -1.63. The number of halogens is 3. The van der Waals surface area contributed by atoms with Crippen LogP contribution in [-0.2, 0) is 11.3 Å². The van der Waals surface area contributed by atoms with E-state index in [1.54, 1.807) is 18.2 Å². The van der Waals surface area contributed by atoms with E-state index in [1.807, 2.05) is 18.2 Å². The molecule has 0 saturated carbocycles. The molecule has 2 aromatic carbocycles. The maximum absolute atomic E-state index is 12.1. The standard InChI is InChI=1S/C20H21Cl3N4O/c21-17-6-5-15(19(23)11-17)12-24-25-20(28)14-27-9-7-26(8-10-27)13-16-3-1-2-4-18(16)22/h1-6,11-12H,7-10,13-14H2,(H,25,28)/p+2. The van der Waals surface area contributed by atoms with Gasteiger partial charge in [-0.15, -0.1) is 0 Å². The van der Waals surface area contributed by atoms with Crippen molar-refractivity contribution in [1.82, 2.24) is 5.43 Å². The van der Waals surface area contributed by atoms with E-state index in [-0.39, 0.29) is 5.91 Å². The Morgan fingerprint density at radius 1 is 1.00 bits per heavy atom. The Bertz CT molecular complexity index is 851. The van der Waals surface area contributed by atoms with Gasteiger partial charge in [0.2, 0.25) is 0 Å². The van der Waals surface area contributed by atoms with Crippen molar-refractivity contribution in [3.63, 3.8) is 0 Å². The highest BCUT2D eigenvalue weighted by molar-refractivity contribution is 6.36. The van der Waals surface area contributed by atoms with Gasteiger partial charge in [-0.3, -0.25) is 4.79 Å². The molecule has 1 amide bonds. The van der Waals surface area contributed by atoms with Gasteiger partial charge in [-0.2, -0.15) is 5.10 Å². The zero-order valence-corrected chi connectivity index (χ0v) is 17.6. The third kappa shape index (κ3) is 6.19. The van der Waals surface area contributed by atoms with Gasteiger partial charge < -0.3 is 9.80 Å². The molecule has 1 aliphatic heterocycles. The topological polar surface area (TPSA) is 50.3 Å². The number of amides is 1. The highest BCUT2D eigenvalue weighted by Crippen LogP contribution is 2.19. The number of nitrogens with one attached hydrogen (secondary N) is 3. The van der Waals surface area contributed by atoms with E-state index in [0.717, 1.165) is 37.7 Å². The third-order valence-corrected chi connectivity index (χ3v) is 5.76. The quantitative estimate of drug-likeness (QED) is 0.456. The molecule has 0 aromatic heterocycles. The molecular weight excluding hydrogens is 419 g/mol. The van der Waals surface area contributed by atoms with Crippen LogP contribution < -0.4 is 15.2 Å². The van der Waals surface area contributed by atoms with Crippen LogP contribution in [0.5, 0.6) is 0 Å². The average molecular weight is 442 g/mol. The largest absolute Gasteiger partial charge is 0.322 e. The number of hydrogen-bond acceptors (Lipinski definition) is 2. The summed E-state index contributed by atoms with van der Waals surface area (Å²) in [5, 5.41) is 5.87. The number of quaternary nitrogens is 2. The van der Waals surface area contributed by atoms with Crippen molar-refractivity contribution < 1.29 is 14.6 Å². The molecule has 148 valence electrons. The zero-order valence-electron chi connectivity index (χ0n) is 15.4. The summed E-state index contributed by atoms with van der Waals surface area (Å²) in [5.74, 6) is -0.106. The molecule has 3 rings (SSSR count). The van der Waals surface area contributed by atoms with Gasteiger partial charge >= 0.3 is 0 Å². The van der Waals surface area contributed by atoms with E-state index in [0.29, 0.717) is 22.2 Å². The highest BCUT2D eigenvalue weighted by Gasteiger charge is 2.25. The fraction of sp³-hybridized carbons (Fsp3) is 0.300. The molecule has 0 atom stereocenters. The number of rotatable bonds is 6. The summed E-state index contributed by atoms with van der Waals surface area (Å²) in [6, 6.07) is 13.1. The van der Waals surface area contributed by atoms with Crippen LogP contribution in [0.2, 0.25) is 15.1 Å². The van der Waals surface area contributed by atoms with Gasteiger partial charge in [-0.05, 0) is 18.2 Å². The SMILES string of the molecule is O=C(C[NH+]1CC[NH+](Cc2ccccc2Cl)CC1)NN=Cc1ccc(Cl)cc1Cl. The molecule has 1 saturated heterocycles. The molecule has 8 heteroatoms. The Morgan fingerprint density at radius 3 is 2.43 bits per heavy atom. The number of hydrogen-bond donors (Lipinski definition) is 3. The average Bonchev–Trinajstić information content (AvgIpc) is 2.67. The summed E-state index contributed by atoms with van der Waals surface area (Å²) >= 11 is 18.2. The first-order valence-corrected chi connectivity index (χ1v) is 10.3. The molecule has 1 heterocycles. The van der Waals surface area contributed by atoms with Crippen molar-refractivity contribution in [3.8, 4) is 0 Å². The lowest BCUT2D eigenvalue weighted by atomic mass is 10.2. The molecule has 0 unspecified atom stereocenters. The Morgan fingerprint density at radius 2 is 1.71 bits per heavy atom. The molecule has 28 heavy (non-hydrogen) atoms. The minimum atomic E-state index is -0.106. The van der Waals surface area contributed by atoms with Crippen molar-refractivity contribution in [1.29, 1.82) is 0 Å². The van der Waals surface area contributed by atoms with E-state index in [4.69, 9.17) is 34.8 Å². The molecule has 0 radical (unpaired) electrons. The van der Waals surface area contributed by atoms with Gasteiger partial charge in [0, 0.05) is 21.2 Å². The second kappa shape index (κ2) is 10.2. The van der Waals surface area contributed by atoms with Gasteiger partial charge in [0.25, 0.3) is 5.91 Å². The third-order valence-electron chi connectivity index (χ3n) is 4.83. The summed E-state index contributed by atoms with van der Waals surface area (Å²) in [7, 11) is 0. The monoisotopic (exact) mass is 440 g/mol. The first kappa shape index (κ1) is 21.1. The van der Waals surface area contributed by atoms with Crippen LogP contribution in [0, 0.1) is 0 Å². The first-order chi connectivity index (χ1) is 13.5. The summed E-state index contributed by atoms with van der Waals surface area (Å²) < 4.78 is 0. The first-order valence-electron chi connectivity index (χ1n) is 9.19. The minimum absolute atomic E-state index is 0.106. The van der Waals surface area contributed by atoms with E-state index in [2.05, 4.69) is 16.6 Å². The van der Waals surface area contributed by atoms with Gasteiger partial charge in [-0.25, -0.2) is 5.43 Å². The van der Waals surface area contributed by atoms with E-state index in [9.17, 15) is 4.79 Å². The predicted molar refractivity (Wildman–Crippen MR) is 114 cm³/mol. The van der Waals surface area contributed by atoms with Crippen LogP contribution in [0.4, 0.5) is 0 Å². The maximum Gasteiger partial charge on any atom is 0.295 e. The molecule has 2 aromatic rings. The molecule has 5 nitrogen and oxygen atoms in total. The van der Waals surface area contributed by atoms with Crippen molar-refractivity contribution in [3.05, 3.63) is 68.7 Å². The number of carbonyl (C=O) groups is 1. The van der Waals surface area contributed by atoms with Crippen LogP contribution in [0.1, 0.15) is 11.1 Å². The van der Waals surface area contributed by atoms with E-state index < -0.39 is 0 Å². The van der Waals surface area contributed by atoms with Gasteiger partial charge in [0.1, 0.15) is 32.7 Å². The molecule has 0 bridgehead atoms. The van der Waals surface area contributed by atoms with Crippen LogP contribution in [0.25, 0.3) is 0 Å². The van der Waals surface area contributed by atoms with Crippen molar-refractivity contribution in [2.24, 2.45) is 5.10 Å². The molecule has 1 fully saturated rings. The smallest absolute Gasteiger partial charge is 0.295 e. The number of nitrogens with zero attached hydrogens (tertiary/aromatic N) is 1. The highest BCUT2D eigenvalue weighted by atomic mass is 35.5. The van der Waals surface area contributed by atoms with Gasteiger partial charge in [0.15, 0.2) is 6.54 Å². The molecular formula is C20H23Cl3N4O+2. The molecule has 3 N–H and O–H groups in total. The number of benzene rings is 2. The van der Waals surface area contributed by atoms with Crippen LogP contribution in [-0.4, -0.2) is 44.8 Å². The fourth-order valence-electron chi connectivity index (χ4n) is 3.27.